The van der Waals surface area contributed by atoms with Crippen molar-refractivity contribution in [2.24, 2.45) is 0 Å². The molecule has 0 saturated carbocycles. The predicted molar refractivity (Wildman–Crippen MR) is 92.6 cm³/mol. The number of hydrogen-bond donors (Lipinski definition) is 1. The Morgan fingerprint density at radius 3 is 2.64 bits per heavy atom. The largest absolute Gasteiger partial charge is 0.511 e. The maximum absolute atomic E-state index is 13.1. The van der Waals surface area contributed by atoms with E-state index >= 15 is 0 Å². The van der Waals surface area contributed by atoms with Gasteiger partial charge in [-0.1, -0.05) is 35.9 Å². The lowest BCUT2D eigenvalue weighted by molar-refractivity contribution is 0.143. The Morgan fingerprint density at radius 1 is 1.24 bits per heavy atom. The van der Waals surface area contributed by atoms with Gasteiger partial charge in [-0.15, -0.1) is 0 Å². The van der Waals surface area contributed by atoms with Gasteiger partial charge >= 0.3 is 6.16 Å². The van der Waals surface area contributed by atoms with Gasteiger partial charge in [-0.25, -0.2) is 13.2 Å². The molecule has 1 N–H and O–H groups in total. The molecule has 1 aliphatic heterocycles. The molecule has 0 unspecified atom stereocenters. The van der Waals surface area contributed by atoms with E-state index < -0.39 is 16.2 Å². The van der Waals surface area contributed by atoms with Crippen LogP contribution in [0.25, 0.3) is 0 Å². The monoisotopic (exact) mass is 381 g/mol. The number of ether oxygens (including phenoxy) is 1. The van der Waals surface area contributed by atoms with E-state index in [0.29, 0.717) is 17.5 Å². The highest BCUT2D eigenvalue weighted by atomic mass is 35.5. The maximum atomic E-state index is 13.1. The molecular weight excluding hydrogens is 366 g/mol. The van der Waals surface area contributed by atoms with Gasteiger partial charge in [0.15, 0.2) is 0 Å². The van der Waals surface area contributed by atoms with Crippen LogP contribution in [0.1, 0.15) is 16.7 Å². The first-order valence-corrected chi connectivity index (χ1v) is 9.39. The third kappa shape index (κ3) is 3.35. The van der Waals surface area contributed by atoms with Gasteiger partial charge in [0.25, 0.3) is 0 Å². The highest BCUT2D eigenvalue weighted by molar-refractivity contribution is 7.89. The molecule has 0 aliphatic carbocycles. The number of fused-ring (bicyclic) bond motifs is 1. The van der Waals surface area contributed by atoms with E-state index in [1.165, 1.54) is 16.4 Å². The molecule has 1 aliphatic rings. The van der Waals surface area contributed by atoms with Crippen LogP contribution in [0.3, 0.4) is 0 Å². The first-order valence-electron chi connectivity index (χ1n) is 7.57. The molecule has 6 nitrogen and oxygen atoms in total. The molecule has 1 heterocycles. The maximum Gasteiger partial charge on any atom is 0.511 e. The SMILES string of the molecule is Cc1cccc(Cl)c1S(=O)(=O)N1CCc2cccc(OC(=O)O)c2C1. The Balaban J connectivity index is 2.01. The highest BCUT2D eigenvalue weighted by Gasteiger charge is 2.32. The third-order valence-corrected chi connectivity index (χ3v) is 6.63. The second-order valence-electron chi connectivity index (χ2n) is 5.74. The number of benzene rings is 2. The lowest BCUT2D eigenvalue weighted by atomic mass is 10.0. The molecule has 0 aromatic heterocycles. The lowest BCUT2D eigenvalue weighted by Crippen LogP contribution is -2.36. The smallest absolute Gasteiger partial charge is 0.449 e. The van der Waals surface area contributed by atoms with Crippen LogP contribution < -0.4 is 4.74 Å². The van der Waals surface area contributed by atoms with Gasteiger partial charge in [0.1, 0.15) is 10.6 Å². The molecule has 0 saturated heterocycles. The number of hydrogen-bond acceptors (Lipinski definition) is 4. The molecule has 0 spiro atoms. The summed E-state index contributed by atoms with van der Waals surface area (Å²) in [5.74, 6) is 0.154. The van der Waals surface area contributed by atoms with E-state index in [2.05, 4.69) is 0 Å². The van der Waals surface area contributed by atoms with Crippen molar-refractivity contribution in [3.63, 3.8) is 0 Å². The van der Waals surface area contributed by atoms with Crippen LogP contribution in [0.15, 0.2) is 41.3 Å². The van der Waals surface area contributed by atoms with Crippen LogP contribution in [0, 0.1) is 6.92 Å². The van der Waals surface area contributed by atoms with Gasteiger partial charge < -0.3 is 9.84 Å². The van der Waals surface area contributed by atoms with Gasteiger partial charge in [-0.05, 0) is 36.6 Å². The zero-order chi connectivity index (χ0) is 18.2. The topological polar surface area (TPSA) is 83.9 Å². The van der Waals surface area contributed by atoms with Gasteiger partial charge in [0, 0.05) is 18.7 Å². The van der Waals surface area contributed by atoms with Crippen LogP contribution in [0.5, 0.6) is 5.75 Å². The average Bonchev–Trinajstić information content (AvgIpc) is 2.54. The standard InChI is InChI=1S/C17H16ClNO5S/c1-11-4-2-6-14(18)16(11)25(22,23)19-9-8-12-5-3-7-15(13(12)10-19)24-17(20)21/h2-7H,8-10H2,1H3,(H,20,21). The summed E-state index contributed by atoms with van der Waals surface area (Å²) in [5, 5.41) is 9.04. The van der Waals surface area contributed by atoms with Crippen LogP contribution in [-0.2, 0) is 23.0 Å². The number of rotatable bonds is 3. The van der Waals surface area contributed by atoms with E-state index in [9.17, 15) is 13.2 Å². The number of aryl methyl sites for hydroxylation is 1. The fourth-order valence-corrected chi connectivity index (χ4v) is 5.19. The summed E-state index contributed by atoms with van der Waals surface area (Å²) in [6, 6.07) is 9.98. The Kier molecular flexibility index (Phi) is 4.73. The lowest BCUT2D eigenvalue weighted by Gasteiger charge is -2.29. The summed E-state index contributed by atoms with van der Waals surface area (Å²) in [6.45, 7) is 2.01. The van der Waals surface area contributed by atoms with E-state index in [1.54, 1.807) is 25.1 Å². The van der Waals surface area contributed by atoms with Crippen molar-refractivity contribution in [3.05, 3.63) is 58.1 Å². The van der Waals surface area contributed by atoms with Gasteiger partial charge in [0.2, 0.25) is 10.0 Å². The molecule has 0 amide bonds. The van der Waals surface area contributed by atoms with Crippen molar-refractivity contribution in [3.8, 4) is 5.75 Å². The van der Waals surface area contributed by atoms with Crippen molar-refractivity contribution in [1.82, 2.24) is 4.31 Å². The van der Waals surface area contributed by atoms with Crippen molar-refractivity contribution in [1.29, 1.82) is 0 Å². The summed E-state index contributed by atoms with van der Waals surface area (Å²) < 4.78 is 32.2. The first-order chi connectivity index (χ1) is 11.8. The molecule has 2 aromatic rings. The Hall–Kier alpha value is -2.09. The molecule has 0 radical (unpaired) electrons. The normalized spacial score (nSPS) is 14.8. The Labute approximate surface area is 150 Å². The molecule has 0 fully saturated rings. The molecular formula is C17H16ClNO5S. The number of halogens is 1. The van der Waals surface area contributed by atoms with Crippen molar-refractivity contribution in [2.45, 2.75) is 24.8 Å². The molecule has 0 bridgehead atoms. The van der Waals surface area contributed by atoms with Crippen molar-refractivity contribution < 1.29 is 23.1 Å². The van der Waals surface area contributed by atoms with Crippen molar-refractivity contribution in [2.75, 3.05) is 6.54 Å². The number of nitrogens with zero attached hydrogens (tertiary/aromatic N) is 1. The van der Waals surface area contributed by atoms with Crippen molar-refractivity contribution >= 4 is 27.8 Å². The number of carbonyl (C=O) groups is 1. The van der Waals surface area contributed by atoms with Gasteiger partial charge in [-0.3, -0.25) is 0 Å². The summed E-state index contributed by atoms with van der Waals surface area (Å²) in [6.07, 6.45) is -0.968. The third-order valence-electron chi connectivity index (χ3n) is 4.15. The van der Waals surface area contributed by atoms with E-state index in [0.717, 1.165) is 5.56 Å². The van der Waals surface area contributed by atoms with Gasteiger partial charge in [0.05, 0.1) is 5.02 Å². The van der Waals surface area contributed by atoms with Crippen LogP contribution in [0.4, 0.5) is 4.79 Å². The fourth-order valence-electron chi connectivity index (χ4n) is 2.99. The minimum atomic E-state index is -3.81. The molecule has 0 atom stereocenters. The Bertz CT molecular complexity index is 922. The summed E-state index contributed by atoms with van der Waals surface area (Å²) in [4.78, 5) is 11.0. The fraction of sp³-hybridized carbons (Fsp3) is 0.235. The summed E-state index contributed by atoms with van der Waals surface area (Å²) >= 11 is 6.13. The predicted octanol–water partition coefficient (Wildman–Crippen LogP) is 3.45. The van der Waals surface area contributed by atoms with E-state index in [1.807, 2.05) is 6.07 Å². The molecule has 8 heteroatoms. The Morgan fingerprint density at radius 2 is 1.96 bits per heavy atom. The molecule has 2 aromatic carbocycles. The zero-order valence-corrected chi connectivity index (χ0v) is 15.0. The van der Waals surface area contributed by atoms with Gasteiger partial charge in [-0.2, -0.15) is 4.31 Å². The average molecular weight is 382 g/mol. The summed E-state index contributed by atoms with van der Waals surface area (Å²) in [5.41, 5.74) is 2.00. The van der Waals surface area contributed by atoms with E-state index in [4.69, 9.17) is 21.4 Å². The minimum Gasteiger partial charge on any atom is -0.449 e. The van der Waals surface area contributed by atoms with Crippen LogP contribution in [0.2, 0.25) is 5.02 Å². The highest BCUT2D eigenvalue weighted by Crippen LogP contribution is 2.34. The molecule has 3 rings (SSSR count). The second-order valence-corrected chi connectivity index (χ2v) is 8.02. The van der Waals surface area contributed by atoms with E-state index in [-0.39, 0.29) is 28.8 Å². The number of carboxylic acid groups (broad SMARTS) is 1. The first kappa shape index (κ1) is 17.7. The van der Waals surface area contributed by atoms with Crippen LogP contribution >= 0.6 is 11.6 Å². The zero-order valence-electron chi connectivity index (χ0n) is 13.4. The molecule has 132 valence electrons. The van der Waals surface area contributed by atoms with Crippen LogP contribution in [-0.4, -0.2) is 30.5 Å². The number of sulfonamides is 1. The second kappa shape index (κ2) is 6.67. The minimum absolute atomic E-state index is 0.0335. The summed E-state index contributed by atoms with van der Waals surface area (Å²) in [7, 11) is -3.81. The quantitative estimate of drug-likeness (QED) is 0.650. The molecule has 25 heavy (non-hydrogen) atoms.